The summed E-state index contributed by atoms with van der Waals surface area (Å²) in [5.74, 6) is -0.253. The molecule has 0 atom stereocenters. The normalized spacial score (nSPS) is 11.3. The smallest absolute Gasteiger partial charge is 0.250 e. The largest absolute Gasteiger partial charge is 0.297 e. The molecule has 0 radical (unpaired) electrons. The summed E-state index contributed by atoms with van der Waals surface area (Å²) in [7, 11) is 0. The maximum atomic E-state index is 13.4. The van der Waals surface area contributed by atoms with Crippen molar-refractivity contribution in [3.05, 3.63) is 72.1 Å². The van der Waals surface area contributed by atoms with Crippen molar-refractivity contribution in [1.82, 2.24) is 19.8 Å². The first-order valence-corrected chi connectivity index (χ1v) is 8.53. The van der Waals surface area contributed by atoms with Gasteiger partial charge in [0.25, 0.3) is 0 Å². The maximum absolute atomic E-state index is 13.4. The summed E-state index contributed by atoms with van der Waals surface area (Å²) < 4.78 is 14.9. The highest BCUT2D eigenvalue weighted by Gasteiger charge is 2.14. The fraction of sp³-hybridized carbons (Fsp3) is 0. The number of amides is 1. The highest BCUT2D eigenvalue weighted by molar-refractivity contribution is 7.20. The molecule has 8 heteroatoms. The van der Waals surface area contributed by atoms with E-state index in [4.69, 9.17) is 0 Å². The molecule has 6 nitrogen and oxygen atoms in total. The SMILES string of the molecule is O=C(C=Cc1ccccc1)Nc1nn2c(-c3cccc(F)c3)nnc2s1. The van der Waals surface area contributed by atoms with Gasteiger partial charge in [0.1, 0.15) is 5.82 Å². The number of carbonyl (C=O) groups is 1. The van der Waals surface area contributed by atoms with Gasteiger partial charge in [0, 0.05) is 11.6 Å². The number of fused-ring (bicyclic) bond motifs is 1. The Morgan fingerprint density at radius 2 is 1.96 bits per heavy atom. The molecule has 128 valence electrons. The minimum atomic E-state index is -0.367. The van der Waals surface area contributed by atoms with Crippen LogP contribution in [0.5, 0.6) is 0 Å². The Kier molecular flexibility index (Phi) is 4.24. The van der Waals surface area contributed by atoms with Crippen LogP contribution in [0.3, 0.4) is 0 Å². The Balaban J connectivity index is 1.55. The molecule has 0 aliphatic carbocycles. The van der Waals surface area contributed by atoms with E-state index in [0.29, 0.717) is 21.5 Å². The van der Waals surface area contributed by atoms with Gasteiger partial charge in [-0.25, -0.2) is 4.39 Å². The van der Waals surface area contributed by atoms with Crippen molar-refractivity contribution < 1.29 is 9.18 Å². The number of nitrogens with one attached hydrogen (secondary N) is 1. The maximum Gasteiger partial charge on any atom is 0.250 e. The minimum absolute atomic E-state index is 0.300. The second-order valence-electron chi connectivity index (χ2n) is 5.37. The van der Waals surface area contributed by atoms with Gasteiger partial charge in [0.15, 0.2) is 5.82 Å². The number of hydrogen-bond donors (Lipinski definition) is 1. The first-order valence-electron chi connectivity index (χ1n) is 7.71. The van der Waals surface area contributed by atoms with Crippen LogP contribution in [-0.2, 0) is 4.79 Å². The number of halogens is 1. The van der Waals surface area contributed by atoms with Crippen molar-refractivity contribution in [1.29, 1.82) is 0 Å². The average molecular weight is 365 g/mol. The second-order valence-corrected chi connectivity index (χ2v) is 6.32. The molecule has 0 aliphatic heterocycles. The van der Waals surface area contributed by atoms with Crippen molar-refractivity contribution in [2.75, 3.05) is 5.32 Å². The lowest BCUT2D eigenvalue weighted by Crippen LogP contribution is -2.08. The molecule has 0 bridgehead atoms. The van der Waals surface area contributed by atoms with Gasteiger partial charge >= 0.3 is 0 Å². The van der Waals surface area contributed by atoms with Crippen molar-refractivity contribution >= 4 is 33.4 Å². The Hall–Kier alpha value is -3.39. The van der Waals surface area contributed by atoms with Crippen LogP contribution in [0.4, 0.5) is 9.52 Å². The third-order valence-electron chi connectivity index (χ3n) is 3.53. The summed E-state index contributed by atoms with van der Waals surface area (Å²) in [6, 6.07) is 15.5. The lowest BCUT2D eigenvalue weighted by atomic mass is 10.2. The van der Waals surface area contributed by atoms with Crippen LogP contribution in [-0.4, -0.2) is 25.7 Å². The van der Waals surface area contributed by atoms with Crippen molar-refractivity contribution in [2.24, 2.45) is 0 Å². The van der Waals surface area contributed by atoms with Crippen LogP contribution in [0.2, 0.25) is 0 Å². The molecule has 4 aromatic rings. The fourth-order valence-corrected chi connectivity index (χ4v) is 3.10. The van der Waals surface area contributed by atoms with E-state index in [2.05, 4.69) is 20.6 Å². The number of rotatable bonds is 4. The lowest BCUT2D eigenvalue weighted by molar-refractivity contribution is -0.111. The minimum Gasteiger partial charge on any atom is -0.297 e. The van der Waals surface area contributed by atoms with E-state index in [9.17, 15) is 9.18 Å². The van der Waals surface area contributed by atoms with Gasteiger partial charge in [0.2, 0.25) is 16.0 Å². The zero-order valence-corrected chi connectivity index (χ0v) is 14.2. The molecule has 0 unspecified atom stereocenters. The predicted octanol–water partition coefficient (Wildman–Crippen LogP) is 3.64. The monoisotopic (exact) mass is 365 g/mol. The highest BCUT2D eigenvalue weighted by Crippen LogP contribution is 2.24. The molecule has 0 fully saturated rings. The first kappa shape index (κ1) is 16.1. The Morgan fingerprint density at radius 1 is 1.12 bits per heavy atom. The number of anilines is 1. The molecule has 2 aromatic heterocycles. The molecular weight excluding hydrogens is 353 g/mol. The molecule has 2 heterocycles. The van der Waals surface area contributed by atoms with E-state index in [1.54, 1.807) is 18.2 Å². The van der Waals surface area contributed by atoms with Crippen LogP contribution in [0.1, 0.15) is 5.56 Å². The van der Waals surface area contributed by atoms with Crippen LogP contribution < -0.4 is 5.32 Å². The quantitative estimate of drug-likeness (QED) is 0.561. The Morgan fingerprint density at radius 3 is 2.77 bits per heavy atom. The van der Waals surface area contributed by atoms with Crippen LogP contribution in [0.25, 0.3) is 22.4 Å². The van der Waals surface area contributed by atoms with Crippen molar-refractivity contribution in [2.45, 2.75) is 0 Å². The van der Waals surface area contributed by atoms with Gasteiger partial charge in [-0.1, -0.05) is 53.8 Å². The van der Waals surface area contributed by atoms with E-state index >= 15 is 0 Å². The summed E-state index contributed by atoms with van der Waals surface area (Å²) >= 11 is 1.19. The summed E-state index contributed by atoms with van der Waals surface area (Å²) in [6.07, 6.45) is 3.15. The summed E-state index contributed by atoms with van der Waals surface area (Å²) in [6.45, 7) is 0. The third-order valence-corrected chi connectivity index (χ3v) is 4.34. The van der Waals surface area contributed by atoms with Crippen molar-refractivity contribution in [3.63, 3.8) is 0 Å². The zero-order valence-electron chi connectivity index (χ0n) is 13.3. The summed E-state index contributed by atoms with van der Waals surface area (Å²) in [5.41, 5.74) is 1.49. The van der Waals surface area contributed by atoms with Gasteiger partial charge in [-0.05, 0) is 23.8 Å². The van der Waals surface area contributed by atoms with E-state index in [1.807, 2.05) is 30.3 Å². The number of benzene rings is 2. The molecule has 0 saturated carbocycles. The standard InChI is InChI=1S/C18H12FN5OS/c19-14-8-4-7-13(11-14)16-21-22-18-24(16)23-17(26-18)20-15(25)10-9-12-5-2-1-3-6-12/h1-11H,(H,20,23,25). The topological polar surface area (TPSA) is 72.2 Å². The predicted molar refractivity (Wildman–Crippen MR) is 98.2 cm³/mol. The number of aromatic nitrogens is 4. The molecule has 0 aliphatic rings. The summed E-state index contributed by atoms with van der Waals surface area (Å²) in [5, 5.41) is 15.4. The number of hydrogen-bond acceptors (Lipinski definition) is 5. The van der Waals surface area contributed by atoms with E-state index in [0.717, 1.165) is 5.56 Å². The number of nitrogens with zero attached hydrogens (tertiary/aromatic N) is 4. The molecule has 1 amide bonds. The molecule has 0 saturated heterocycles. The van der Waals surface area contributed by atoms with Gasteiger partial charge in [-0.15, -0.1) is 15.3 Å². The fourth-order valence-electron chi connectivity index (χ4n) is 2.36. The van der Waals surface area contributed by atoms with E-state index in [-0.39, 0.29) is 11.7 Å². The Labute approximate surface area is 151 Å². The zero-order chi connectivity index (χ0) is 17.9. The molecule has 0 spiro atoms. The molecule has 26 heavy (non-hydrogen) atoms. The molecule has 1 N–H and O–H groups in total. The van der Waals surface area contributed by atoms with Gasteiger partial charge in [0.05, 0.1) is 0 Å². The van der Waals surface area contributed by atoms with E-state index in [1.165, 1.54) is 34.1 Å². The third kappa shape index (κ3) is 3.35. The first-order chi connectivity index (χ1) is 12.7. The highest BCUT2D eigenvalue weighted by atomic mass is 32.1. The molecule has 4 rings (SSSR count). The van der Waals surface area contributed by atoms with Gasteiger partial charge < -0.3 is 0 Å². The van der Waals surface area contributed by atoms with Crippen LogP contribution in [0.15, 0.2) is 60.7 Å². The van der Waals surface area contributed by atoms with E-state index < -0.39 is 0 Å². The molecule has 2 aromatic carbocycles. The molecular formula is C18H12FN5OS. The van der Waals surface area contributed by atoms with Crippen molar-refractivity contribution in [3.8, 4) is 11.4 Å². The lowest BCUT2D eigenvalue weighted by Gasteiger charge is -1.97. The summed E-state index contributed by atoms with van der Waals surface area (Å²) in [4.78, 5) is 12.6. The van der Waals surface area contributed by atoms with Gasteiger partial charge in [-0.3, -0.25) is 10.1 Å². The van der Waals surface area contributed by atoms with Crippen LogP contribution >= 0.6 is 11.3 Å². The second kappa shape index (κ2) is 6.85. The van der Waals surface area contributed by atoms with Gasteiger partial charge in [-0.2, -0.15) is 4.52 Å². The van der Waals surface area contributed by atoms with Crippen LogP contribution in [0, 0.1) is 5.82 Å². The Bertz CT molecular complexity index is 1100. The average Bonchev–Trinajstić information content (AvgIpc) is 3.21. The number of carbonyl (C=O) groups excluding carboxylic acids is 1.